The Hall–Kier alpha value is -0.610. The lowest BCUT2D eigenvalue weighted by atomic mass is 10.1. The molecule has 0 aromatic carbocycles. The van der Waals surface area contributed by atoms with Gasteiger partial charge in [0.2, 0.25) is 5.91 Å². The molecular weight excluding hydrogens is 190 g/mol. The first kappa shape index (κ1) is 10.9. The minimum Gasteiger partial charge on any atom is -0.340 e. The number of carbonyl (C=O) groups is 1. The van der Waals surface area contributed by atoms with E-state index in [1.807, 2.05) is 4.90 Å². The lowest BCUT2D eigenvalue weighted by Gasteiger charge is -2.29. The lowest BCUT2D eigenvalue weighted by Crippen LogP contribution is -2.49. The van der Waals surface area contributed by atoms with Gasteiger partial charge in [-0.1, -0.05) is 6.92 Å². The average Bonchev–Trinajstić information content (AvgIpc) is 2.69. The second kappa shape index (κ2) is 4.94. The molecule has 0 radical (unpaired) electrons. The molecule has 1 amide bonds. The van der Waals surface area contributed by atoms with E-state index in [1.54, 1.807) is 0 Å². The Kier molecular flexibility index (Phi) is 3.59. The smallest absolute Gasteiger partial charge is 0.236 e. The third-order valence-electron chi connectivity index (χ3n) is 3.48. The highest BCUT2D eigenvalue weighted by Gasteiger charge is 2.26. The predicted molar refractivity (Wildman–Crippen MR) is 59.7 cm³/mol. The Balaban J connectivity index is 1.79. The van der Waals surface area contributed by atoms with Crippen molar-refractivity contribution < 1.29 is 4.79 Å². The van der Waals surface area contributed by atoms with E-state index in [1.165, 1.54) is 19.5 Å². The van der Waals surface area contributed by atoms with E-state index in [2.05, 4.69) is 17.1 Å². The highest BCUT2D eigenvalue weighted by Crippen LogP contribution is 2.17. The standard InChI is InChI=1S/C11H21N3O/c1-2-13-5-3-10(8-13)9-14-6-4-12-7-11(14)15/h10,12H,2-9H2,1H3. The normalized spacial score (nSPS) is 28.7. The number of hydrogen-bond acceptors (Lipinski definition) is 3. The maximum Gasteiger partial charge on any atom is 0.236 e. The van der Waals surface area contributed by atoms with Gasteiger partial charge in [0.25, 0.3) is 0 Å². The van der Waals surface area contributed by atoms with Crippen molar-refractivity contribution in [3.05, 3.63) is 0 Å². The molecule has 2 aliphatic rings. The van der Waals surface area contributed by atoms with Crippen molar-refractivity contribution in [2.45, 2.75) is 13.3 Å². The topological polar surface area (TPSA) is 35.6 Å². The monoisotopic (exact) mass is 211 g/mol. The molecule has 2 rings (SSSR count). The molecule has 0 spiro atoms. The fourth-order valence-electron chi connectivity index (χ4n) is 2.50. The van der Waals surface area contributed by atoms with E-state index in [0.717, 1.165) is 26.2 Å². The van der Waals surface area contributed by atoms with Crippen molar-refractivity contribution in [2.75, 3.05) is 45.8 Å². The molecule has 1 unspecified atom stereocenters. The Labute approximate surface area is 91.6 Å². The minimum atomic E-state index is 0.274. The van der Waals surface area contributed by atoms with E-state index in [0.29, 0.717) is 12.5 Å². The molecule has 2 saturated heterocycles. The quantitative estimate of drug-likeness (QED) is 0.700. The maximum absolute atomic E-state index is 11.6. The van der Waals surface area contributed by atoms with Crippen molar-refractivity contribution in [1.29, 1.82) is 0 Å². The van der Waals surface area contributed by atoms with Crippen LogP contribution in [0.25, 0.3) is 0 Å². The number of rotatable bonds is 3. The highest BCUT2D eigenvalue weighted by molar-refractivity contribution is 5.78. The van der Waals surface area contributed by atoms with Crippen LogP contribution in [0.1, 0.15) is 13.3 Å². The van der Waals surface area contributed by atoms with Crippen LogP contribution in [0.15, 0.2) is 0 Å². The second-order valence-corrected chi connectivity index (χ2v) is 4.56. The van der Waals surface area contributed by atoms with Crippen LogP contribution < -0.4 is 5.32 Å². The molecule has 15 heavy (non-hydrogen) atoms. The lowest BCUT2D eigenvalue weighted by molar-refractivity contribution is -0.132. The van der Waals surface area contributed by atoms with Crippen molar-refractivity contribution >= 4 is 5.91 Å². The van der Waals surface area contributed by atoms with Gasteiger partial charge >= 0.3 is 0 Å². The fourth-order valence-corrected chi connectivity index (χ4v) is 2.50. The van der Waals surface area contributed by atoms with E-state index in [9.17, 15) is 4.79 Å². The van der Waals surface area contributed by atoms with Crippen LogP contribution in [0, 0.1) is 5.92 Å². The minimum absolute atomic E-state index is 0.274. The van der Waals surface area contributed by atoms with Gasteiger partial charge in [0.15, 0.2) is 0 Å². The first-order chi connectivity index (χ1) is 7.29. The van der Waals surface area contributed by atoms with Crippen molar-refractivity contribution in [1.82, 2.24) is 15.1 Å². The largest absolute Gasteiger partial charge is 0.340 e. The van der Waals surface area contributed by atoms with Gasteiger partial charge in [-0.3, -0.25) is 4.79 Å². The molecular formula is C11H21N3O. The van der Waals surface area contributed by atoms with Crippen LogP contribution in [-0.4, -0.2) is 61.5 Å². The van der Waals surface area contributed by atoms with Gasteiger partial charge in [-0.15, -0.1) is 0 Å². The van der Waals surface area contributed by atoms with Crippen LogP contribution in [-0.2, 0) is 4.79 Å². The summed E-state index contributed by atoms with van der Waals surface area (Å²) >= 11 is 0. The van der Waals surface area contributed by atoms with Crippen LogP contribution >= 0.6 is 0 Å². The first-order valence-corrected chi connectivity index (χ1v) is 6.00. The molecule has 86 valence electrons. The fraction of sp³-hybridized carbons (Fsp3) is 0.909. The van der Waals surface area contributed by atoms with Crippen LogP contribution in [0.3, 0.4) is 0 Å². The summed E-state index contributed by atoms with van der Waals surface area (Å²) in [6, 6.07) is 0. The van der Waals surface area contributed by atoms with Crippen LogP contribution in [0.2, 0.25) is 0 Å². The number of hydrogen-bond donors (Lipinski definition) is 1. The van der Waals surface area contributed by atoms with Gasteiger partial charge in [0, 0.05) is 26.2 Å². The summed E-state index contributed by atoms with van der Waals surface area (Å²) in [5.74, 6) is 0.975. The van der Waals surface area contributed by atoms with Gasteiger partial charge in [-0.25, -0.2) is 0 Å². The number of nitrogens with one attached hydrogen (secondary N) is 1. The highest BCUT2D eigenvalue weighted by atomic mass is 16.2. The Bertz CT molecular complexity index is 232. The second-order valence-electron chi connectivity index (χ2n) is 4.56. The molecule has 0 aromatic rings. The number of piperazine rings is 1. The number of carbonyl (C=O) groups excluding carboxylic acids is 1. The zero-order chi connectivity index (χ0) is 10.7. The summed E-state index contributed by atoms with van der Waals surface area (Å²) < 4.78 is 0. The van der Waals surface area contributed by atoms with Crippen LogP contribution in [0.4, 0.5) is 0 Å². The molecule has 1 atom stereocenters. The Morgan fingerprint density at radius 2 is 2.33 bits per heavy atom. The summed E-state index contributed by atoms with van der Waals surface area (Å²) in [4.78, 5) is 16.1. The van der Waals surface area contributed by atoms with Crippen molar-refractivity contribution in [3.8, 4) is 0 Å². The molecule has 4 nitrogen and oxygen atoms in total. The third-order valence-corrected chi connectivity index (χ3v) is 3.48. The molecule has 0 bridgehead atoms. The van der Waals surface area contributed by atoms with E-state index in [-0.39, 0.29) is 5.91 Å². The zero-order valence-corrected chi connectivity index (χ0v) is 9.54. The Morgan fingerprint density at radius 1 is 1.47 bits per heavy atom. The SMILES string of the molecule is CCN1CCC(CN2CCNCC2=O)C1. The third kappa shape index (κ3) is 2.69. The Morgan fingerprint density at radius 3 is 3.00 bits per heavy atom. The van der Waals surface area contributed by atoms with Gasteiger partial charge < -0.3 is 15.1 Å². The number of amides is 1. The predicted octanol–water partition coefficient (Wildman–Crippen LogP) is -0.240. The maximum atomic E-state index is 11.6. The zero-order valence-electron chi connectivity index (χ0n) is 9.54. The molecule has 2 fully saturated rings. The summed E-state index contributed by atoms with van der Waals surface area (Å²) in [6.45, 7) is 9.08. The van der Waals surface area contributed by atoms with Crippen molar-refractivity contribution in [3.63, 3.8) is 0 Å². The molecule has 0 aliphatic carbocycles. The number of likely N-dealkylation sites (tertiary alicyclic amines) is 1. The summed E-state index contributed by atoms with van der Waals surface area (Å²) in [5.41, 5.74) is 0. The molecule has 0 saturated carbocycles. The summed E-state index contributed by atoms with van der Waals surface area (Å²) in [6.07, 6.45) is 1.26. The van der Waals surface area contributed by atoms with Gasteiger partial charge in [0.1, 0.15) is 0 Å². The number of nitrogens with zero attached hydrogens (tertiary/aromatic N) is 2. The van der Waals surface area contributed by atoms with E-state index < -0.39 is 0 Å². The molecule has 0 aromatic heterocycles. The average molecular weight is 211 g/mol. The van der Waals surface area contributed by atoms with E-state index in [4.69, 9.17) is 0 Å². The van der Waals surface area contributed by atoms with Crippen LogP contribution in [0.5, 0.6) is 0 Å². The summed E-state index contributed by atoms with van der Waals surface area (Å²) in [5, 5.41) is 3.11. The van der Waals surface area contributed by atoms with Gasteiger partial charge in [-0.2, -0.15) is 0 Å². The molecule has 4 heteroatoms. The molecule has 1 N–H and O–H groups in total. The molecule has 2 heterocycles. The van der Waals surface area contributed by atoms with Gasteiger partial charge in [-0.05, 0) is 25.4 Å². The first-order valence-electron chi connectivity index (χ1n) is 6.00. The molecule has 2 aliphatic heterocycles. The van der Waals surface area contributed by atoms with Gasteiger partial charge in [0.05, 0.1) is 6.54 Å². The van der Waals surface area contributed by atoms with Crippen molar-refractivity contribution in [2.24, 2.45) is 5.92 Å². The van der Waals surface area contributed by atoms with E-state index >= 15 is 0 Å². The summed E-state index contributed by atoms with van der Waals surface area (Å²) in [7, 11) is 0.